The minimum atomic E-state index is 0.267. The molecule has 1 aliphatic carbocycles. The van der Waals surface area contributed by atoms with Crippen LogP contribution >= 0.6 is 0 Å². The van der Waals surface area contributed by atoms with Crippen LogP contribution in [0.25, 0.3) is 10.9 Å². The van der Waals surface area contributed by atoms with Crippen molar-refractivity contribution in [3.8, 4) is 5.75 Å². The van der Waals surface area contributed by atoms with E-state index in [1.165, 1.54) is 45.2 Å². The van der Waals surface area contributed by atoms with Gasteiger partial charge in [-0.2, -0.15) is 0 Å². The van der Waals surface area contributed by atoms with Gasteiger partial charge in [0.05, 0.1) is 13.2 Å². The lowest BCUT2D eigenvalue weighted by atomic mass is 9.68. The largest absolute Gasteiger partial charge is 0.497 e. The highest BCUT2D eigenvalue weighted by Crippen LogP contribution is 2.45. The minimum absolute atomic E-state index is 0.267. The first-order valence-corrected chi connectivity index (χ1v) is 12.1. The van der Waals surface area contributed by atoms with Crippen molar-refractivity contribution in [1.29, 1.82) is 0 Å². The van der Waals surface area contributed by atoms with Crippen molar-refractivity contribution in [3.05, 3.63) is 42.1 Å². The molecule has 31 heavy (non-hydrogen) atoms. The summed E-state index contributed by atoms with van der Waals surface area (Å²) in [5.74, 6) is 2.44. The van der Waals surface area contributed by atoms with E-state index < -0.39 is 0 Å². The first kappa shape index (κ1) is 19.4. The lowest BCUT2D eigenvalue weighted by Gasteiger charge is -2.54. The molecule has 0 saturated carbocycles. The van der Waals surface area contributed by atoms with E-state index in [0.29, 0.717) is 24.4 Å². The molecule has 164 valence electrons. The van der Waals surface area contributed by atoms with Crippen LogP contribution in [-0.4, -0.2) is 59.1 Å². The number of carbonyl (C=O) groups excluding carboxylic acids is 1. The fourth-order valence-electron chi connectivity index (χ4n) is 6.93. The summed E-state index contributed by atoms with van der Waals surface area (Å²) in [4.78, 5) is 18.6. The van der Waals surface area contributed by atoms with E-state index in [0.717, 1.165) is 35.7 Å². The summed E-state index contributed by atoms with van der Waals surface area (Å²) in [6.07, 6.45) is 12.3. The number of hydrogen-bond donors (Lipinski definition) is 0. The van der Waals surface area contributed by atoms with Crippen molar-refractivity contribution in [2.24, 2.45) is 11.8 Å². The van der Waals surface area contributed by atoms with Gasteiger partial charge >= 0.3 is 0 Å². The molecule has 2 aromatic rings. The maximum absolute atomic E-state index is 13.6. The van der Waals surface area contributed by atoms with Crippen LogP contribution in [0.1, 0.15) is 38.5 Å². The van der Waals surface area contributed by atoms with Crippen LogP contribution < -0.4 is 4.74 Å². The predicted molar refractivity (Wildman–Crippen MR) is 122 cm³/mol. The number of piperidine rings is 3. The Balaban J connectivity index is 1.25. The van der Waals surface area contributed by atoms with Gasteiger partial charge in [0, 0.05) is 36.2 Å². The van der Waals surface area contributed by atoms with Gasteiger partial charge < -0.3 is 14.2 Å². The van der Waals surface area contributed by atoms with Crippen molar-refractivity contribution in [2.75, 3.05) is 26.7 Å². The van der Waals surface area contributed by atoms with Gasteiger partial charge in [0.1, 0.15) is 12.3 Å². The maximum atomic E-state index is 13.6. The molecule has 5 heteroatoms. The number of ether oxygens (including phenoxy) is 1. The molecule has 4 heterocycles. The van der Waals surface area contributed by atoms with E-state index in [9.17, 15) is 4.79 Å². The zero-order chi connectivity index (χ0) is 20.9. The van der Waals surface area contributed by atoms with E-state index in [-0.39, 0.29) is 5.91 Å². The highest BCUT2D eigenvalue weighted by molar-refractivity contribution is 5.84. The molecule has 1 amide bonds. The number of benzene rings is 1. The number of hydrogen-bond acceptors (Lipinski definition) is 3. The average molecular weight is 420 g/mol. The number of methoxy groups -OCH3 is 1. The highest BCUT2D eigenvalue weighted by Gasteiger charge is 2.46. The normalized spacial score (nSPS) is 30.5. The second-order valence-corrected chi connectivity index (χ2v) is 9.96. The Morgan fingerprint density at radius 2 is 2.10 bits per heavy atom. The van der Waals surface area contributed by atoms with Gasteiger partial charge in [-0.15, -0.1) is 0 Å². The standard InChI is InChI=1S/C26H33N3O2/c1-31-22-7-8-24-18(15-22)9-12-28(24)17-25(30)29-11-4-5-19-13-20-14-21(26(19)29)16-27-10-3-2-6-23(20)27/h7-9,12-13,15,20-21,23,26H,2-6,10-11,14,16-17H2,1H3/t20-,21+,23-,26-/m1/s1. The zero-order valence-electron chi connectivity index (χ0n) is 18.5. The molecule has 3 fully saturated rings. The van der Waals surface area contributed by atoms with Gasteiger partial charge in [-0.3, -0.25) is 9.69 Å². The fraction of sp³-hybridized carbons (Fsp3) is 0.577. The number of fused-ring (bicyclic) bond motifs is 7. The van der Waals surface area contributed by atoms with Crippen LogP contribution in [0, 0.1) is 11.8 Å². The van der Waals surface area contributed by atoms with E-state index in [2.05, 4.69) is 32.6 Å². The lowest BCUT2D eigenvalue weighted by molar-refractivity contribution is -0.136. The molecule has 1 aromatic heterocycles. The first-order valence-electron chi connectivity index (χ1n) is 12.1. The molecule has 0 N–H and O–H groups in total. The summed E-state index contributed by atoms with van der Waals surface area (Å²) in [6, 6.07) is 9.23. The SMILES string of the molecule is COc1ccc2c(ccn2CC(=O)N2CCCC3=C[C@@H]4C[C@@H](CN5CCCC[C@H]45)[C@@H]32)c1. The Bertz CT molecular complexity index is 1020. The van der Waals surface area contributed by atoms with E-state index in [1.54, 1.807) is 12.7 Å². The third-order valence-electron chi connectivity index (χ3n) is 8.26. The maximum Gasteiger partial charge on any atom is 0.243 e. The molecule has 3 saturated heterocycles. The summed E-state index contributed by atoms with van der Waals surface area (Å²) >= 11 is 0. The Morgan fingerprint density at radius 3 is 3.00 bits per heavy atom. The van der Waals surface area contributed by atoms with Gasteiger partial charge in [-0.1, -0.05) is 18.1 Å². The molecular weight excluding hydrogens is 386 g/mol. The van der Waals surface area contributed by atoms with Gasteiger partial charge in [-0.05, 0) is 74.8 Å². The first-order chi connectivity index (χ1) is 15.2. The van der Waals surface area contributed by atoms with E-state index in [4.69, 9.17) is 4.74 Å². The van der Waals surface area contributed by atoms with Crippen LogP contribution in [0.5, 0.6) is 5.75 Å². The van der Waals surface area contributed by atoms with Crippen LogP contribution in [0.3, 0.4) is 0 Å². The van der Waals surface area contributed by atoms with Gasteiger partial charge in [0.15, 0.2) is 0 Å². The third kappa shape index (κ3) is 3.29. The molecule has 3 aliphatic heterocycles. The van der Waals surface area contributed by atoms with Crippen molar-refractivity contribution in [1.82, 2.24) is 14.4 Å². The van der Waals surface area contributed by atoms with Crippen LogP contribution in [0.4, 0.5) is 0 Å². The van der Waals surface area contributed by atoms with Crippen molar-refractivity contribution in [2.45, 2.75) is 57.2 Å². The van der Waals surface area contributed by atoms with Crippen LogP contribution in [0.15, 0.2) is 42.1 Å². The number of aromatic nitrogens is 1. The molecule has 0 spiro atoms. The van der Waals surface area contributed by atoms with Crippen molar-refractivity contribution in [3.63, 3.8) is 0 Å². The Hall–Kier alpha value is -2.27. The number of carbonyl (C=O) groups is 1. The molecule has 0 unspecified atom stereocenters. The molecule has 4 aliphatic rings. The molecule has 4 atom stereocenters. The molecule has 5 nitrogen and oxygen atoms in total. The summed E-state index contributed by atoms with van der Waals surface area (Å²) in [5, 5.41) is 1.12. The molecule has 6 rings (SSSR count). The Labute approximate surface area is 184 Å². The summed E-state index contributed by atoms with van der Waals surface area (Å²) < 4.78 is 7.45. The highest BCUT2D eigenvalue weighted by atomic mass is 16.5. The van der Waals surface area contributed by atoms with Crippen molar-refractivity contribution < 1.29 is 9.53 Å². The van der Waals surface area contributed by atoms with Crippen molar-refractivity contribution >= 4 is 16.8 Å². The fourth-order valence-corrected chi connectivity index (χ4v) is 6.93. The van der Waals surface area contributed by atoms with Crippen LogP contribution in [0.2, 0.25) is 0 Å². The number of likely N-dealkylation sites (tertiary alicyclic amines) is 1. The summed E-state index contributed by atoms with van der Waals surface area (Å²) in [5.41, 5.74) is 2.66. The Morgan fingerprint density at radius 1 is 1.16 bits per heavy atom. The monoisotopic (exact) mass is 419 g/mol. The number of amides is 1. The topological polar surface area (TPSA) is 37.7 Å². The minimum Gasteiger partial charge on any atom is -0.497 e. The number of rotatable bonds is 3. The second-order valence-electron chi connectivity index (χ2n) is 9.96. The second kappa shape index (κ2) is 7.70. The zero-order valence-corrected chi connectivity index (χ0v) is 18.5. The summed E-state index contributed by atoms with van der Waals surface area (Å²) in [7, 11) is 1.69. The molecule has 2 bridgehead atoms. The van der Waals surface area contributed by atoms with Gasteiger partial charge in [0.2, 0.25) is 5.91 Å². The molecule has 1 aromatic carbocycles. The molecular formula is C26H33N3O2. The van der Waals surface area contributed by atoms with Crippen LogP contribution in [-0.2, 0) is 11.3 Å². The smallest absolute Gasteiger partial charge is 0.243 e. The van der Waals surface area contributed by atoms with E-state index in [1.807, 2.05) is 18.3 Å². The number of nitrogens with zero attached hydrogens (tertiary/aromatic N) is 3. The Kier molecular flexibility index (Phi) is 4.82. The quantitative estimate of drug-likeness (QED) is 0.704. The predicted octanol–water partition coefficient (Wildman–Crippen LogP) is 4.07. The van der Waals surface area contributed by atoms with Gasteiger partial charge in [-0.25, -0.2) is 0 Å². The van der Waals surface area contributed by atoms with Gasteiger partial charge in [0.25, 0.3) is 0 Å². The third-order valence-corrected chi connectivity index (χ3v) is 8.26. The lowest BCUT2D eigenvalue weighted by Crippen LogP contribution is -2.60. The molecule has 0 radical (unpaired) electrons. The van der Waals surface area contributed by atoms with E-state index >= 15 is 0 Å². The average Bonchev–Trinajstić information content (AvgIpc) is 3.20. The summed E-state index contributed by atoms with van der Waals surface area (Å²) in [6.45, 7) is 3.75.